The average Bonchev–Trinajstić information content (AvgIpc) is 3.10. The van der Waals surface area contributed by atoms with Gasteiger partial charge < -0.3 is 36.9 Å². The van der Waals surface area contributed by atoms with E-state index in [1.54, 1.807) is 13.8 Å². The van der Waals surface area contributed by atoms with Gasteiger partial charge in [-0.3, -0.25) is 19.4 Å². The van der Waals surface area contributed by atoms with Crippen LogP contribution in [0.1, 0.15) is 36.2 Å². The zero-order valence-corrected chi connectivity index (χ0v) is 18.1. The number of amides is 1. The summed E-state index contributed by atoms with van der Waals surface area (Å²) in [7, 11) is 0. The minimum Gasteiger partial charge on any atom is -0.510 e. The Morgan fingerprint density at radius 1 is 1.24 bits per heavy atom. The highest BCUT2D eigenvalue weighted by atomic mass is 16.4. The van der Waals surface area contributed by atoms with Crippen molar-refractivity contribution in [3.05, 3.63) is 50.4 Å². The summed E-state index contributed by atoms with van der Waals surface area (Å²) in [4.78, 5) is 53.0. The van der Waals surface area contributed by atoms with E-state index in [0.29, 0.717) is 5.56 Å². The average molecular weight is 470 g/mol. The molecule has 34 heavy (non-hydrogen) atoms. The molecule has 0 unspecified atom stereocenters. The van der Waals surface area contributed by atoms with Crippen molar-refractivity contribution in [2.24, 2.45) is 23.3 Å². The highest BCUT2D eigenvalue weighted by Gasteiger charge is 2.64. The lowest BCUT2D eigenvalue weighted by atomic mass is 9.52. The van der Waals surface area contributed by atoms with E-state index < -0.39 is 69.2 Å². The maximum Gasteiger partial charge on any atom is 0.417 e. The number of oxazole rings is 1. The Balaban J connectivity index is 1.85. The number of carbonyl (C=O) groups is 3. The standard InChI is InChI=1S/C22H22N4O8/c1-21(2)5-3-6-13(24)15(28)11(19(25)31)18(30)22(6,33)17(29)9(5)14(27)10-12(21)7(23)4-8-16(10)34-20(32)26-8/h4-6,13,28-29,33H,3,23-24H2,1-2H3,(H2,25,31)(H,26,32)/t5-,6-,13-,22-/m0/s1. The molecule has 1 heterocycles. The van der Waals surface area contributed by atoms with Crippen LogP contribution in [-0.4, -0.2) is 49.4 Å². The second-order valence-corrected chi connectivity index (χ2v) is 9.56. The molecule has 0 bridgehead atoms. The van der Waals surface area contributed by atoms with Gasteiger partial charge in [-0.2, -0.15) is 0 Å². The third kappa shape index (κ3) is 2.33. The SMILES string of the molecule is CC1(C)c2c(N)cc3[nH]c(=O)oc3c2C(=O)C2=C(O)[C@]3(O)C(=O)C(C(N)=O)=C(O)[C@@H](N)[C@@H]3C[C@@H]21. The van der Waals surface area contributed by atoms with Gasteiger partial charge in [0.1, 0.15) is 17.1 Å². The number of aromatic amines is 1. The Morgan fingerprint density at radius 3 is 2.50 bits per heavy atom. The van der Waals surface area contributed by atoms with Gasteiger partial charge in [0.05, 0.1) is 17.1 Å². The predicted molar refractivity (Wildman–Crippen MR) is 117 cm³/mol. The summed E-state index contributed by atoms with van der Waals surface area (Å²) in [6.07, 6.45) is -0.119. The number of primary amides is 1. The van der Waals surface area contributed by atoms with Crippen molar-refractivity contribution >= 4 is 34.3 Å². The van der Waals surface area contributed by atoms with Gasteiger partial charge in [0.25, 0.3) is 5.91 Å². The van der Waals surface area contributed by atoms with Crippen molar-refractivity contribution in [2.75, 3.05) is 5.73 Å². The van der Waals surface area contributed by atoms with E-state index in [9.17, 15) is 34.5 Å². The van der Waals surface area contributed by atoms with E-state index in [4.69, 9.17) is 21.6 Å². The van der Waals surface area contributed by atoms with Crippen molar-refractivity contribution in [1.82, 2.24) is 4.98 Å². The van der Waals surface area contributed by atoms with E-state index in [2.05, 4.69) is 4.98 Å². The van der Waals surface area contributed by atoms with Crippen LogP contribution in [0.4, 0.5) is 5.69 Å². The largest absolute Gasteiger partial charge is 0.510 e. The fourth-order valence-electron chi connectivity index (χ4n) is 5.93. The molecule has 0 saturated carbocycles. The lowest BCUT2D eigenvalue weighted by Crippen LogP contribution is -2.64. The number of hydrogen-bond acceptors (Lipinski definition) is 10. The Morgan fingerprint density at radius 2 is 1.88 bits per heavy atom. The fraction of sp³-hybridized carbons (Fsp3) is 0.364. The van der Waals surface area contributed by atoms with Gasteiger partial charge in [-0.1, -0.05) is 13.8 Å². The topological polar surface area (TPSA) is 236 Å². The molecule has 10 N–H and O–H groups in total. The number of benzene rings is 1. The molecule has 2 aromatic rings. The molecule has 0 radical (unpaired) electrons. The van der Waals surface area contributed by atoms with E-state index in [1.807, 2.05) is 0 Å². The molecule has 3 aliphatic rings. The smallest absolute Gasteiger partial charge is 0.417 e. The number of H-pyrrole nitrogens is 1. The number of carbonyl (C=O) groups excluding carboxylic acids is 3. The maximum absolute atomic E-state index is 13.8. The Bertz CT molecular complexity index is 1480. The molecular weight excluding hydrogens is 448 g/mol. The number of aliphatic hydroxyl groups excluding tert-OH is 2. The first-order chi connectivity index (χ1) is 15.7. The van der Waals surface area contributed by atoms with Crippen molar-refractivity contribution < 1.29 is 34.1 Å². The van der Waals surface area contributed by atoms with Crippen LogP contribution in [0, 0.1) is 11.8 Å². The minimum atomic E-state index is -2.77. The van der Waals surface area contributed by atoms with Crippen molar-refractivity contribution in [3.63, 3.8) is 0 Å². The molecule has 178 valence electrons. The van der Waals surface area contributed by atoms with Crippen LogP contribution in [0.3, 0.4) is 0 Å². The maximum atomic E-state index is 13.8. The number of fused-ring (bicyclic) bond motifs is 5. The van der Waals surface area contributed by atoms with Crippen LogP contribution in [-0.2, 0) is 15.0 Å². The second-order valence-electron chi connectivity index (χ2n) is 9.56. The number of anilines is 1. The number of Topliss-reactive ketones (excluding diaryl/α,β-unsaturated/α-hetero) is 2. The second kappa shape index (κ2) is 6.36. The number of nitrogens with two attached hydrogens (primary N) is 3. The molecule has 5 rings (SSSR count). The lowest BCUT2D eigenvalue weighted by Gasteiger charge is -2.52. The summed E-state index contributed by atoms with van der Waals surface area (Å²) in [6.45, 7) is 3.49. The molecule has 12 heteroatoms. The highest BCUT2D eigenvalue weighted by molar-refractivity contribution is 6.25. The third-order valence-corrected chi connectivity index (χ3v) is 7.54. The number of nitrogen functional groups attached to an aromatic ring is 1. The lowest BCUT2D eigenvalue weighted by molar-refractivity contribution is -0.146. The predicted octanol–water partition coefficient (Wildman–Crippen LogP) is -0.436. The van der Waals surface area contributed by atoms with Crippen LogP contribution < -0.4 is 23.0 Å². The molecule has 0 saturated heterocycles. The number of nitrogens with one attached hydrogen (secondary N) is 1. The quantitative estimate of drug-likeness (QED) is 0.209. The summed E-state index contributed by atoms with van der Waals surface area (Å²) in [5, 5.41) is 33.1. The summed E-state index contributed by atoms with van der Waals surface area (Å²) in [6, 6.07) is 0.0366. The molecule has 12 nitrogen and oxygen atoms in total. The van der Waals surface area contributed by atoms with Crippen LogP contribution >= 0.6 is 0 Å². The minimum absolute atomic E-state index is 0.0813. The number of aromatic nitrogens is 1. The first-order valence-electron chi connectivity index (χ1n) is 10.4. The van der Waals surface area contributed by atoms with Crippen LogP contribution in [0.25, 0.3) is 11.1 Å². The number of hydrogen-bond donors (Lipinski definition) is 7. The van der Waals surface area contributed by atoms with E-state index in [0.717, 1.165) is 0 Å². The molecular formula is C22H22N4O8. The van der Waals surface area contributed by atoms with Gasteiger partial charge in [-0.15, -0.1) is 0 Å². The summed E-state index contributed by atoms with van der Waals surface area (Å²) in [5.74, 6) is -8.17. The number of rotatable bonds is 1. The normalized spacial score (nSPS) is 30.3. The molecule has 0 fully saturated rings. The summed E-state index contributed by atoms with van der Waals surface area (Å²) in [5.41, 5.74) is 13.2. The first kappa shape index (κ1) is 21.9. The first-order valence-corrected chi connectivity index (χ1v) is 10.4. The summed E-state index contributed by atoms with van der Waals surface area (Å²) < 4.78 is 5.19. The van der Waals surface area contributed by atoms with Crippen LogP contribution in [0.15, 0.2) is 37.9 Å². The molecule has 1 aromatic carbocycles. The highest BCUT2D eigenvalue weighted by Crippen LogP contribution is 2.57. The van der Waals surface area contributed by atoms with Gasteiger partial charge in [0.15, 0.2) is 17.0 Å². The van der Waals surface area contributed by atoms with Crippen molar-refractivity contribution in [3.8, 4) is 0 Å². The molecule has 1 aromatic heterocycles. The van der Waals surface area contributed by atoms with Gasteiger partial charge >= 0.3 is 5.76 Å². The van der Waals surface area contributed by atoms with Gasteiger partial charge in [0.2, 0.25) is 5.78 Å². The molecule has 0 aliphatic heterocycles. The Hall–Kier alpha value is -3.90. The Kier molecular flexibility index (Phi) is 4.10. The Labute approximate surface area is 190 Å². The summed E-state index contributed by atoms with van der Waals surface area (Å²) >= 11 is 0. The molecule has 3 aliphatic carbocycles. The fourth-order valence-corrected chi connectivity index (χ4v) is 5.93. The van der Waals surface area contributed by atoms with E-state index in [1.165, 1.54) is 6.07 Å². The number of allylic oxidation sites excluding steroid dienone is 1. The van der Waals surface area contributed by atoms with Crippen molar-refractivity contribution in [1.29, 1.82) is 0 Å². The zero-order chi connectivity index (χ0) is 25.1. The van der Waals surface area contributed by atoms with Gasteiger partial charge in [0, 0.05) is 23.1 Å². The van der Waals surface area contributed by atoms with E-state index >= 15 is 0 Å². The van der Waals surface area contributed by atoms with Crippen molar-refractivity contribution in [2.45, 2.75) is 37.3 Å². The van der Waals surface area contributed by atoms with Crippen LogP contribution in [0.2, 0.25) is 0 Å². The monoisotopic (exact) mass is 470 g/mol. The zero-order valence-electron chi connectivity index (χ0n) is 18.1. The van der Waals surface area contributed by atoms with Gasteiger partial charge in [-0.25, -0.2) is 4.79 Å². The van der Waals surface area contributed by atoms with Gasteiger partial charge in [-0.05, 0) is 23.5 Å². The number of ketones is 2. The third-order valence-electron chi connectivity index (χ3n) is 7.54. The molecule has 0 spiro atoms. The van der Waals surface area contributed by atoms with Crippen LogP contribution in [0.5, 0.6) is 0 Å². The molecule has 1 amide bonds. The van der Waals surface area contributed by atoms with E-state index in [-0.39, 0.29) is 34.3 Å². The molecule has 4 atom stereocenters. The number of aliphatic hydroxyl groups is 3.